The van der Waals surface area contributed by atoms with Crippen LogP contribution in [0.4, 0.5) is 0 Å². The minimum absolute atomic E-state index is 0.139. The zero-order valence-corrected chi connectivity index (χ0v) is 11.1. The summed E-state index contributed by atoms with van der Waals surface area (Å²) in [4.78, 5) is 0. The van der Waals surface area contributed by atoms with E-state index in [0.717, 1.165) is 32.2 Å². The molecule has 3 nitrogen and oxygen atoms in total. The first kappa shape index (κ1) is 12.4. The number of piperidine rings is 1. The maximum absolute atomic E-state index is 12.1. The van der Waals surface area contributed by atoms with Crippen LogP contribution >= 0.6 is 0 Å². The van der Waals surface area contributed by atoms with Gasteiger partial charge in [0.1, 0.15) is 0 Å². The van der Waals surface area contributed by atoms with Crippen LogP contribution in [0.3, 0.4) is 0 Å². The maximum atomic E-state index is 12.1. The minimum atomic E-state index is -2.85. The lowest BCUT2D eigenvalue weighted by atomic mass is 9.75. The van der Waals surface area contributed by atoms with E-state index in [2.05, 4.69) is 19.2 Å². The first-order valence-corrected chi connectivity index (χ1v) is 8.17. The maximum Gasteiger partial charge on any atom is 0.154 e. The normalized spacial score (nSPS) is 39.1. The van der Waals surface area contributed by atoms with E-state index in [0.29, 0.717) is 11.7 Å². The zero-order chi connectivity index (χ0) is 11.8. The van der Waals surface area contributed by atoms with Crippen molar-refractivity contribution in [3.63, 3.8) is 0 Å². The van der Waals surface area contributed by atoms with Crippen LogP contribution in [0, 0.1) is 5.92 Å². The molecular weight excluding hydrogens is 222 g/mol. The SMILES string of the molecule is CC(C)C1(C2CCCS2(=O)=O)CCCCN1. The summed E-state index contributed by atoms with van der Waals surface area (Å²) in [5.74, 6) is 0.791. The summed E-state index contributed by atoms with van der Waals surface area (Å²) in [6.07, 6.45) is 5.07. The minimum Gasteiger partial charge on any atom is -0.310 e. The predicted octanol–water partition coefficient (Wildman–Crippen LogP) is 1.73. The second kappa shape index (κ2) is 4.30. The van der Waals surface area contributed by atoms with Crippen LogP contribution in [0.5, 0.6) is 0 Å². The standard InChI is InChI=1S/C12H23NO2S/c1-10(2)12(7-3-4-8-13-12)11-6-5-9-16(11,14)15/h10-11,13H,3-9H2,1-2H3. The summed E-state index contributed by atoms with van der Waals surface area (Å²) in [5, 5.41) is 3.41. The van der Waals surface area contributed by atoms with Crippen LogP contribution in [0.1, 0.15) is 46.0 Å². The van der Waals surface area contributed by atoms with Crippen molar-refractivity contribution in [2.24, 2.45) is 5.92 Å². The molecule has 94 valence electrons. The van der Waals surface area contributed by atoms with Gasteiger partial charge in [-0.1, -0.05) is 20.3 Å². The summed E-state index contributed by atoms with van der Waals surface area (Å²) < 4.78 is 24.3. The van der Waals surface area contributed by atoms with Crippen molar-refractivity contribution in [3.8, 4) is 0 Å². The van der Waals surface area contributed by atoms with E-state index in [9.17, 15) is 8.42 Å². The molecule has 2 aliphatic heterocycles. The fourth-order valence-electron chi connectivity index (χ4n) is 3.46. The van der Waals surface area contributed by atoms with E-state index in [-0.39, 0.29) is 10.8 Å². The molecule has 0 radical (unpaired) electrons. The van der Waals surface area contributed by atoms with Crippen molar-refractivity contribution in [2.45, 2.75) is 56.7 Å². The molecule has 0 aromatic carbocycles. The van der Waals surface area contributed by atoms with Gasteiger partial charge in [-0.05, 0) is 38.1 Å². The Labute approximate surface area is 98.9 Å². The Morgan fingerprint density at radius 2 is 2.00 bits per heavy atom. The number of sulfone groups is 1. The van der Waals surface area contributed by atoms with Gasteiger partial charge < -0.3 is 5.32 Å². The van der Waals surface area contributed by atoms with Gasteiger partial charge in [0.25, 0.3) is 0 Å². The Hall–Kier alpha value is -0.0900. The van der Waals surface area contributed by atoms with Crippen LogP contribution in [0.15, 0.2) is 0 Å². The van der Waals surface area contributed by atoms with Gasteiger partial charge in [-0.2, -0.15) is 0 Å². The molecule has 0 bridgehead atoms. The molecule has 2 heterocycles. The number of rotatable bonds is 2. The van der Waals surface area contributed by atoms with Crippen molar-refractivity contribution in [3.05, 3.63) is 0 Å². The van der Waals surface area contributed by atoms with Gasteiger partial charge in [0.2, 0.25) is 0 Å². The molecule has 0 aromatic heterocycles. The second-order valence-corrected chi connectivity index (χ2v) is 7.88. The van der Waals surface area contributed by atoms with Crippen molar-refractivity contribution >= 4 is 9.84 Å². The molecule has 0 amide bonds. The predicted molar refractivity (Wildman–Crippen MR) is 66.2 cm³/mol. The highest BCUT2D eigenvalue weighted by Crippen LogP contribution is 2.39. The second-order valence-electron chi connectivity index (χ2n) is 5.58. The fourth-order valence-corrected chi connectivity index (χ4v) is 5.95. The molecule has 4 heteroatoms. The lowest BCUT2D eigenvalue weighted by molar-refractivity contribution is 0.173. The van der Waals surface area contributed by atoms with Crippen LogP contribution in [0.2, 0.25) is 0 Å². The third-order valence-electron chi connectivity index (χ3n) is 4.40. The molecule has 2 aliphatic rings. The van der Waals surface area contributed by atoms with E-state index >= 15 is 0 Å². The van der Waals surface area contributed by atoms with Gasteiger partial charge >= 0.3 is 0 Å². The van der Waals surface area contributed by atoms with E-state index in [4.69, 9.17) is 0 Å². The van der Waals surface area contributed by atoms with Crippen LogP contribution in [-0.4, -0.2) is 31.5 Å². The van der Waals surface area contributed by atoms with Crippen molar-refractivity contribution < 1.29 is 8.42 Å². The van der Waals surface area contributed by atoms with Crippen LogP contribution < -0.4 is 5.32 Å². The molecule has 2 unspecified atom stereocenters. The van der Waals surface area contributed by atoms with E-state index < -0.39 is 9.84 Å². The fraction of sp³-hybridized carbons (Fsp3) is 1.00. The third-order valence-corrected chi connectivity index (χ3v) is 6.79. The Balaban J connectivity index is 2.32. The van der Waals surface area contributed by atoms with Gasteiger partial charge in [-0.25, -0.2) is 8.42 Å². The highest BCUT2D eigenvalue weighted by Gasteiger charge is 2.50. The smallest absolute Gasteiger partial charge is 0.154 e. The Kier molecular flexibility index (Phi) is 3.32. The van der Waals surface area contributed by atoms with Crippen molar-refractivity contribution in [1.82, 2.24) is 5.32 Å². The summed E-state index contributed by atoms with van der Waals surface area (Å²) in [7, 11) is -2.85. The zero-order valence-electron chi connectivity index (χ0n) is 10.3. The van der Waals surface area contributed by atoms with Crippen LogP contribution in [0.25, 0.3) is 0 Å². The molecule has 0 aliphatic carbocycles. The molecule has 1 N–H and O–H groups in total. The average molecular weight is 245 g/mol. The molecule has 0 spiro atoms. The topological polar surface area (TPSA) is 46.2 Å². The van der Waals surface area contributed by atoms with Gasteiger partial charge in [-0.15, -0.1) is 0 Å². The first-order valence-electron chi connectivity index (χ1n) is 6.46. The summed E-state index contributed by atoms with van der Waals surface area (Å²) >= 11 is 0. The average Bonchev–Trinajstić information content (AvgIpc) is 2.59. The Morgan fingerprint density at radius 1 is 1.25 bits per heavy atom. The molecular formula is C12H23NO2S. The van der Waals surface area contributed by atoms with Gasteiger partial charge in [0.05, 0.1) is 11.0 Å². The van der Waals surface area contributed by atoms with E-state index in [1.165, 1.54) is 6.42 Å². The van der Waals surface area contributed by atoms with Crippen molar-refractivity contribution in [1.29, 1.82) is 0 Å². The highest BCUT2D eigenvalue weighted by molar-refractivity contribution is 7.92. The Bertz CT molecular complexity index is 342. The lowest BCUT2D eigenvalue weighted by Crippen LogP contribution is -2.61. The first-order chi connectivity index (χ1) is 7.49. The summed E-state index contributed by atoms with van der Waals surface area (Å²) in [6.45, 7) is 5.29. The monoisotopic (exact) mass is 245 g/mol. The van der Waals surface area contributed by atoms with Gasteiger partial charge in [0.15, 0.2) is 9.84 Å². The molecule has 2 atom stereocenters. The van der Waals surface area contributed by atoms with Crippen LogP contribution in [-0.2, 0) is 9.84 Å². The number of nitrogens with one attached hydrogen (secondary N) is 1. The van der Waals surface area contributed by atoms with Crippen molar-refractivity contribution in [2.75, 3.05) is 12.3 Å². The quantitative estimate of drug-likeness (QED) is 0.806. The molecule has 2 rings (SSSR count). The molecule has 2 saturated heterocycles. The molecule has 0 saturated carbocycles. The number of hydrogen-bond donors (Lipinski definition) is 1. The lowest BCUT2D eigenvalue weighted by Gasteiger charge is -2.45. The number of hydrogen-bond acceptors (Lipinski definition) is 3. The molecule has 0 aromatic rings. The summed E-state index contributed by atoms with van der Waals surface area (Å²) in [6, 6.07) is 0. The van der Waals surface area contributed by atoms with Gasteiger partial charge in [-0.3, -0.25) is 0 Å². The summed E-state index contributed by atoms with van der Waals surface area (Å²) in [5.41, 5.74) is -0.145. The Morgan fingerprint density at radius 3 is 2.44 bits per heavy atom. The third kappa shape index (κ3) is 1.90. The van der Waals surface area contributed by atoms with Gasteiger partial charge in [0, 0.05) is 5.54 Å². The highest BCUT2D eigenvalue weighted by atomic mass is 32.2. The molecule has 2 fully saturated rings. The molecule has 16 heavy (non-hydrogen) atoms. The van der Waals surface area contributed by atoms with E-state index in [1.807, 2.05) is 0 Å². The van der Waals surface area contributed by atoms with E-state index in [1.54, 1.807) is 0 Å². The largest absolute Gasteiger partial charge is 0.310 e.